The Hall–Kier alpha value is -1.74. The summed E-state index contributed by atoms with van der Waals surface area (Å²) in [6, 6.07) is 1.85. The summed E-state index contributed by atoms with van der Waals surface area (Å²) >= 11 is 0. The predicted molar refractivity (Wildman–Crippen MR) is 83.4 cm³/mol. The number of piperidine rings is 1. The fourth-order valence-electron chi connectivity index (χ4n) is 2.81. The first-order valence-electron chi connectivity index (χ1n) is 7.23. The van der Waals surface area contributed by atoms with E-state index in [-0.39, 0.29) is 0 Å². The highest BCUT2D eigenvalue weighted by Crippen LogP contribution is 2.24. The quantitative estimate of drug-likeness (QED) is 0.807. The number of sulfonamides is 1. The Morgan fingerprint density at radius 3 is 2.86 bits per heavy atom. The van der Waals surface area contributed by atoms with E-state index >= 15 is 0 Å². The first kappa shape index (κ1) is 15.2. The minimum absolute atomic E-state index is 0.396. The Morgan fingerprint density at radius 2 is 2.14 bits per heavy atom. The second-order valence-corrected chi connectivity index (χ2v) is 8.19. The maximum absolute atomic E-state index is 12.4. The maximum Gasteiger partial charge on any atom is 0.218 e. The van der Waals surface area contributed by atoms with Gasteiger partial charge in [-0.3, -0.25) is 4.40 Å². The summed E-state index contributed by atoms with van der Waals surface area (Å²) in [5.74, 6) is 1.55. The zero-order valence-electron chi connectivity index (χ0n) is 13.0. The van der Waals surface area contributed by atoms with E-state index in [1.807, 2.05) is 22.3 Å². The number of anilines is 1. The molecule has 1 fully saturated rings. The minimum atomic E-state index is -3.25. The van der Waals surface area contributed by atoms with Crippen molar-refractivity contribution in [3.05, 3.63) is 18.2 Å². The van der Waals surface area contributed by atoms with Gasteiger partial charge < -0.3 is 4.90 Å². The Balaban J connectivity index is 1.90. The molecule has 2 aromatic rings. The molecule has 1 unspecified atom stereocenters. The van der Waals surface area contributed by atoms with Crippen LogP contribution < -0.4 is 4.90 Å². The first-order valence-corrected chi connectivity index (χ1v) is 8.73. The average Bonchev–Trinajstić information content (AvgIpc) is 2.96. The van der Waals surface area contributed by atoms with Crippen LogP contribution in [0.5, 0.6) is 0 Å². The van der Waals surface area contributed by atoms with Crippen molar-refractivity contribution in [2.45, 2.75) is 25.0 Å². The van der Waals surface area contributed by atoms with Crippen LogP contribution in [0.3, 0.4) is 0 Å². The molecule has 0 amide bonds. The summed E-state index contributed by atoms with van der Waals surface area (Å²) in [6.07, 6.45) is 3.14. The summed E-state index contributed by atoms with van der Waals surface area (Å²) < 4.78 is 27.8. The van der Waals surface area contributed by atoms with Gasteiger partial charge in [-0.05, 0) is 19.8 Å². The molecule has 3 rings (SSSR count). The summed E-state index contributed by atoms with van der Waals surface area (Å²) in [6.45, 7) is 3.14. The average molecular weight is 324 g/mol. The van der Waals surface area contributed by atoms with Crippen molar-refractivity contribution in [3.8, 4) is 0 Å². The van der Waals surface area contributed by atoms with Crippen molar-refractivity contribution in [1.82, 2.24) is 23.9 Å². The number of hydrogen-bond donors (Lipinski definition) is 0. The number of aryl methyl sites for hydroxylation is 1. The minimum Gasteiger partial charge on any atom is -0.355 e. The van der Waals surface area contributed by atoms with Gasteiger partial charge in [-0.1, -0.05) is 0 Å². The molecule has 120 valence electrons. The molecule has 2 aromatic heterocycles. The second kappa shape index (κ2) is 5.47. The van der Waals surface area contributed by atoms with Gasteiger partial charge in [0, 0.05) is 33.3 Å². The van der Waals surface area contributed by atoms with Gasteiger partial charge in [0.15, 0.2) is 5.65 Å². The lowest BCUT2D eigenvalue weighted by atomic mass is 10.1. The van der Waals surface area contributed by atoms with E-state index in [1.54, 1.807) is 20.4 Å². The van der Waals surface area contributed by atoms with Crippen molar-refractivity contribution >= 4 is 21.5 Å². The zero-order chi connectivity index (χ0) is 15.9. The second-order valence-electron chi connectivity index (χ2n) is 5.76. The van der Waals surface area contributed by atoms with Gasteiger partial charge in [0.2, 0.25) is 10.0 Å². The standard InChI is InChI=1S/C13H20N6O2S/c1-10-15-12(7-13-16-14-9-19(10)13)18-6-4-5-11(8-18)22(20,21)17(2)3/h7,9,11H,4-6,8H2,1-3H3. The zero-order valence-corrected chi connectivity index (χ0v) is 13.8. The van der Waals surface area contributed by atoms with Crippen LogP contribution in [0.1, 0.15) is 18.7 Å². The lowest BCUT2D eigenvalue weighted by Crippen LogP contribution is -2.46. The fourth-order valence-corrected chi connectivity index (χ4v) is 4.24. The third-order valence-corrected chi connectivity index (χ3v) is 6.33. The van der Waals surface area contributed by atoms with Crippen LogP contribution in [0.4, 0.5) is 5.82 Å². The van der Waals surface area contributed by atoms with Crippen LogP contribution in [0.2, 0.25) is 0 Å². The molecular weight excluding hydrogens is 304 g/mol. The van der Waals surface area contributed by atoms with Gasteiger partial charge >= 0.3 is 0 Å². The molecule has 0 aromatic carbocycles. The molecule has 22 heavy (non-hydrogen) atoms. The Bertz CT molecular complexity index is 785. The highest BCUT2D eigenvalue weighted by atomic mass is 32.2. The van der Waals surface area contributed by atoms with Gasteiger partial charge in [0.25, 0.3) is 0 Å². The molecule has 0 bridgehead atoms. The molecule has 0 N–H and O–H groups in total. The SMILES string of the molecule is Cc1nc(N2CCCC(S(=O)(=O)N(C)C)C2)cc2nncn12. The summed E-state index contributed by atoms with van der Waals surface area (Å²) in [5, 5.41) is 7.53. The normalized spacial score (nSPS) is 20.0. The maximum atomic E-state index is 12.4. The van der Waals surface area contributed by atoms with Crippen LogP contribution in [0.15, 0.2) is 12.4 Å². The van der Waals surface area contributed by atoms with E-state index in [0.29, 0.717) is 13.0 Å². The van der Waals surface area contributed by atoms with E-state index in [0.717, 1.165) is 30.3 Å². The Kier molecular flexibility index (Phi) is 3.77. The molecule has 1 aliphatic heterocycles. The first-order chi connectivity index (χ1) is 10.4. The van der Waals surface area contributed by atoms with Crippen LogP contribution in [-0.2, 0) is 10.0 Å². The largest absolute Gasteiger partial charge is 0.355 e. The molecule has 3 heterocycles. The smallest absolute Gasteiger partial charge is 0.218 e. The van der Waals surface area contributed by atoms with Gasteiger partial charge in [0.1, 0.15) is 18.0 Å². The van der Waals surface area contributed by atoms with Gasteiger partial charge in [-0.15, -0.1) is 10.2 Å². The van der Waals surface area contributed by atoms with E-state index < -0.39 is 15.3 Å². The van der Waals surface area contributed by atoms with Crippen LogP contribution >= 0.6 is 0 Å². The molecule has 1 aliphatic rings. The molecular formula is C13H20N6O2S. The van der Waals surface area contributed by atoms with Crippen LogP contribution in [-0.4, -0.2) is 64.7 Å². The summed E-state index contributed by atoms with van der Waals surface area (Å²) in [4.78, 5) is 6.58. The van der Waals surface area contributed by atoms with Gasteiger partial charge in [-0.2, -0.15) is 0 Å². The molecule has 9 heteroatoms. The Labute approximate surface area is 129 Å². The molecule has 0 radical (unpaired) electrons. The third-order valence-electron chi connectivity index (χ3n) is 4.09. The molecule has 8 nitrogen and oxygen atoms in total. The number of nitrogens with zero attached hydrogens (tertiary/aromatic N) is 6. The van der Waals surface area contributed by atoms with E-state index in [2.05, 4.69) is 15.2 Å². The lowest BCUT2D eigenvalue weighted by molar-refractivity contribution is 0.478. The van der Waals surface area contributed by atoms with E-state index in [9.17, 15) is 8.42 Å². The summed E-state index contributed by atoms with van der Waals surface area (Å²) in [7, 11) is -0.0874. The number of rotatable bonds is 3. The number of fused-ring (bicyclic) bond motifs is 1. The molecule has 1 saturated heterocycles. The number of hydrogen-bond acceptors (Lipinski definition) is 6. The lowest BCUT2D eigenvalue weighted by Gasteiger charge is -2.34. The van der Waals surface area contributed by atoms with Crippen molar-refractivity contribution < 1.29 is 8.42 Å². The number of aromatic nitrogens is 4. The van der Waals surface area contributed by atoms with Gasteiger partial charge in [0.05, 0.1) is 5.25 Å². The molecule has 0 saturated carbocycles. The monoisotopic (exact) mass is 324 g/mol. The van der Waals surface area contributed by atoms with Crippen molar-refractivity contribution in [2.75, 3.05) is 32.1 Å². The fraction of sp³-hybridized carbons (Fsp3) is 0.615. The highest BCUT2D eigenvalue weighted by molar-refractivity contribution is 7.89. The topological polar surface area (TPSA) is 83.7 Å². The van der Waals surface area contributed by atoms with Crippen LogP contribution in [0.25, 0.3) is 5.65 Å². The molecule has 0 spiro atoms. The van der Waals surface area contributed by atoms with Crippen molar-refractivity contribution in [3.63, 3.8) is 0 Å². The van der Waals surface area contributed by atoms with Gasteiger partial charge in [-0.25, -0.2) is 17.7 Å². The van der Waals surface area contributed by atoms with Crippen LogP contribution in [0, 0.1) is 6.92 Å². The summed E-state index contributed by atoms with van der Waals surface area (Å²) in [5.41, 5.74) is 0.722. The predicted octanol–water partition coefficient (Wildman–Crippen LogP) is 0.293. The molecule has 1 atom stereocenters. The van der Waals surface area contributed by atoms with Crippen molar-refractivity contribution in [2.24, 2.45) is 0 Å². The van der Waals surface area contributed by atoms with E-state index in [1.165, 1.54) is 4.31 Å². The van der Waals surface area contributed by atoms with Crippen molar-refractivity contribution in [1.29, 1.82) is 0 Å². The van der Waals surface area contributed by atoms with E-state index in [4.69, 9.17) is 0 Å². The molecule has 0 aliphatic carbocycles. The third kappa shape index (κ3) is 2.54. The Morgan fingerprint density at radius 1 is 1.36 bits per heavy atom. The highest BCUT2D eigenvalue weighted by Gasteiger charge is 2.33.